The van der Waals surface area contributed by atoms with Gasteiger partial charge in [0.25, 0.3) is 0 Å². The summed E-state index contributed by atoms with van der Waals surface area (Å²) >= 11 is 0. The van der Waals surface area contributed by atoms with Gasteiger partial charge < -0.3 is 19.6 Å². The van der Waals surface area contributed by atoms with Crippen LogP contribution in [0.25, 0.3) is 0 Å². The summed E-state index contributed by atoms with van der Waals surface area (Å²) in [6.45, 7) is 10.1. The molecule has 3 fully saturated rings. The highest BCUT2D eigenvalue weighted by molar-refractivity contribution is 5.06. The first-order valence-corrected chi connectivity index (χ1v) is 8.99. The first-order valence-electron chi connectivity index (χ1n) is 8.99. The standard InChI is InChI=1S/C17H32N2O2/c1-2-21-16-14-15(20)17(16)6-10-19(11-7-17)13-12-18-8-4-3-5-9-18/h15-16,20H,2-14H2,1H3. The molecule has 0 aromatic heterocycles. The van der Waals surface area contributed by atoms with Crippen LogP contribution in [0.5, 0.6) is 0 Å². The smallest absolute Gasteiger partial charge is 0.0681 e. The summed E-state index contributed by atoms with van der Waals surface area (Å²) in [4.78, 5) is 5.21. The lowest BCUT2D eigenvalue weighted by Crippen LogP contribution is -2.62. The molecule has 0 aromatic carbocycles. The Bertz CT molecular complexity index is 321. The quantitative estimate of drug-likeness (QED) is 0.838. The van der Waals surface area contributed by atoms with Crippen LogP contribution in [0, 0.1) is 5.41 Å². The van der Waals surface area contributed by atoms with Crippen molar-refractivity contribution < 1.29 is 9.84 Å². The van der Waals surface area contributed by atoms with Gasteiger partial charge in [0.1, 0.15) is 0 Å². The van der Waals surface area contributed by atoms with E-state index in [1.165, 1.54) is 45.4 Å². The van der Waals surface area contributed by atoms with Crippen LogP contribution >= 0.6 is 0 Å². The minimum atomic E-state index is -0.127. The molecule has 2 aliphatic heterocycles. The van der Waals surface area contributed by atoms with Gasteiger partial charge in [0, 0.05) is 31.5 Å². The summed E-state index contributed by atoms with van der Waals surface area (Å²) in [6.07, 6.45) is 7.43. The van der Waals surface area contributed by atoms with Crippen molar-refractivity contribution in [3.63, 3.8) is 0 Å². The Morgan fingerprint density at radius 1 is 1.00 bits per heavy atom. The molecule has 1 saturated carbocycles. The largest absolute Gasteiger partial charge is 0.392 e. The molecule has 3 rings (SSSR count). The Hall–Kier alpha value is -0.160. The topological polar surface area (TPSA) is 35.9 Å². The van der Waals surface area contributed by atoms with Gasteiger partial charge in [-0.2, -0.15) is 0 Å². The summed E-state index contributed by atoms with van der Waals surface area (Å²) in [5.41, 5.74) is 0.0810. The molecule has 2 saturated heterocycles. The highest BCUT2D eigenvalue weighted by Gasteiger charge is 2.55. The second kappa shape index (κ2) is 6.95. The maximum atomic E-state index is 10.2. The van der Waals surface area contributed by atoms with E-state index in [4.69, 9.17) is 4.74 Å². The SMILES string of the molecule is CCOC1CC(O)C12CCN(CCN1CCCCC1)CC2. The van der Waals surface area contributed by atoms with Gasteiger partial charge in [-0.3, -0.25) is 0 Å². The lowest BCUT2D eigenvalue weighted by Gasteiger charge is -2.56. The Morgan fingerprint density at radius 3 is 2.19 bits per heavy atom. The van der Waals surface area contributed by atoms with Crippen LogP contribution in [0.3, 0.4) is 0 Å². The normalized spacial score (nSPS) is 34.0. The van der Waals surface area contributed by atoms with E-state index in [1.807, 2.05) is 0 Å². The van der Waals surface area contributed by atoms with Crippen LogP contribution in [0.15, 0.2) is 0 Å². The van der Waals surface area contributed by atoms with Gasteiger partial charge in [-0.05, 0) is 58.8 Å². The van der Waals surface area contributed by atoms with Gasteiger partial charge in [-0.15, -0.1) is 0 Å². The Morgan fingerprint density at radius 2 is 1.62 bits per heavy atom. The average molecular weight is 296 g/mol. The van der Waals surface area contributed by atoms with Crippen molar-refractivity contribution in [2.75, 3.05) is 45.9 Å². The lowest BCUT2D eigenvalue weighted by molar-refractivity contribution is -0.209. The molecule has 1 aliphatic carbocycles. The number of hydrogen-bond donors (Lipinski definition) is 1. The van der Waals surface area contributed by atoms with Crippen LogP contribution < -0.4 is 0 Å². The number of nitrogens with zero attached hydrogens (tertiary/aromatic N) is 2. The fourth-order valence-corrected chi connectivity index (χ4v) is 4.48. The number of likely N-dealkylation sites (tertiary alicyclic amines) is 2. The zero-order valence-corrected chi connectivity index (χ0v) is 13.6. The van der Waals surface area contributed by atoms with Crippen molar-refractivity contribution in [2.45, 2.75) is 57.7 Å². The summed E-state index contributed by atoms with van der Waals surface area (Å²) in [7, 11) is 0. The zero-order valence-electron chi connectivity index (χ0n) is 13.6. The zero-order chi connectivity index (χ0) is 14.7. The molecule has 3 aliphatic rings. The summed E-state index contributed by atoms with van der Waals surface area (Å²) in [6, 6.07) is 0. The average Bonchev–Trinajstić information content (AvgIpc) is 2.54. The minimum Gasteiger partial charge on any atom is -0.392 e. The summed E-state index contributed by atoms with van der Waals surface area (Å²) < 4.78 is 5.85. The molecular weight excluding hydrogens is 264 g/mol. The fraction of sp³-hybridized carbons (Fsp3) is 1.00. The van der Waals surface area contributed by atoms with Crippen molar-refractivity contribution >= 4 is 0 Å². The third-order valence-electron chi connectivity index (χ3n) is 6.08. The predicted octanol–water partition coefficient (Wildman–Crippen LogP) is 1.72. The van der Waals surface area contributed by atoms with Crippen molar-refractivity contribution in [1.29, 1.82) is 0 Å². The van der Waals surface area contributed by atoms with E-state index < -0.39 is 0 Å². The molecular formula is C17H32N2O2. The summed E-state index contributed by atoms with van der Waals surface area (Å²) in [5, 5.41) is 10.2. The number of aliphatic hydroxyl groups is 1. The highest BCUT2D eigenvalue weighted by atomic mass is 16.5. The van der Waals surface area contributed by atoms with E-state index in [-0.39, 0.29) is 11.5 Å². The van der Waals surface area contributed by atoms with Crippen LogP contribution in [0.4, 0.5) is 0 Å². The maximum Gasteiger partial charge on any atom is 0.0681 e. The Kier molecular flexibility index (Phi) is 5.20. The number of piperidine rings is 2. The van der Waals surface area contributed by atoms with Crippen LogP contribution in [-0.2, 0) is 4.74 Å². The van der Waals surface area contributed by atoms with E-state index >= 15 is 0 Å². The molecule has 2 atom stereocenters. The fourth-order valence-electron chi connectivity index (χ4n) is 4.48. The molecule has 4 heteroatoms. The molecule has 0 radical (unpaired) electrons. The molecule has 4 nitrogen and oxygen atoms in total. The third kappa shape index (κ3) is 3.29. The van der Waals surface area contributed by atoms with E-state index in [0.717, 1.165) is 39.0 Å². The molecule has 0 bridgehead atoms. The van der Waals surface area contributed by atoms with Crippen LogP contribution in [-0.4, -0.2) is 73.0 Å². The molecule has 0 aromatic rings. The van der Waals surface area contributed by atoms with Crippen molar-refractivity contribution in [1.82, 2.24) is 9.80 Å². The second-order valence-corrected chi connectivity index (χ2v) is 7.17. The first-order chi connectivity index (χ1) is 10.2. The van der Waals surface area contributed by atoms with Crippen molar-refractivity contribution in [3.05, 3.63) is 0 Å². The molecule has 2 heterocycles. The van der Waals surface area contributed by atoms with Crippen molar-refractivity contribution in [3.8, 4) is 0 Å². The van der Waals surface area contributed by atoms with Crippen LogP contribution in [0.1, 0.15) is 45.4 Å². The van der Waals surface area contributed by atoms with E-state index in [0.29, 0.717) is 6.10 Å². The van der Waals surface area contributed by atoms with Gasteiger partial charge in [-0.25, -0.2) is 0 Å². The lowest BCUT2D eigenvalue weighted by atomic mass is 9.58. The number of ether oxygens (including phenoxy) is 1. The monoisotopic (exact) mass is 296 g/mol. The molecule has 1 spiro atoms. The highest BCUT2D eigenvalue weighted by Crippen LogP contribution is 2.50. The number of aliphatic hydroxyl groups excluding tert-OH is 1. The van der Waals surface area contributed by atoms with E-state index in [9.17, 15) is 5.11 Å². The molecule has 122 valence electrons. The van der Waals surface area contributed by atoms with Gasteiger partial charge >= 0.3 is 0 Å². The Balaban J connectivity index is 1.42. The Labute approximate surface area is 129 Å². The van der Waals surface area contributed by atoms with E-state index in [1.54, 1.807) is 0 Å². The third-order valence-corrected chi connectivity index (χ3v) is 6.08. The maximum absolute atomic E-state index is 10.2. The second-order valence-electron chi connectivity index (χ2n) is 7.17. The van der Waals surface area contributed by atoms with Gasteiger partial charge in [0.2, 0.25) is 0 Å². The molecule has 1 N–H and O–H groups in total. The molecule has 0 amide bonds. The number of rotatable bonds is 5. The molecule has 21 heavy (non-hydrogen) atoms. The first kappa shape index (κ1) is 15.7. The molecule has 2 unspecified atom stereocenters. The van der Waals surface area contributed by atoms with Gasteiger partial charge in [0.05, 0.1) is 12.2 Å². The van der Waals surface area contributed by atoms with Gasteiger partial charge in [-0.1, -0.05) is 6.42 Å². The van der Waals surface area contributed by atoms with E-state index in [2.05, 4.69) is 16.7 Å². The number of hydrogen-bond acceptors (Lipinski definition) is 4. The van der Waals surface area contributed by atoms with Crippen molar-refractivity contribution in [2.24, 2.45) is 5.41 Å². The van der Waals surface area contributed by atoms with Crippen LogP contribution in [0.2, 0.25) is 0 Å². The van der Waals surface area contributed by atoms with Gasteiger partial charge in [0.15, 0.2) is 0 Å². The predicted molar refractivity (Wildman–Crippen MR) is 84.4 cm³/mol. The minimum absolute atomic E-state index is 0.0810. The summed E-state index contributed by atoms with van der Waals surface area (Å²) in [5.74, 6) is 0.